The first-order valence-electron chi connectivity index (χ1n) is 9.92. The Balaban J connectivity index is 1.73. The fraction of sp³-hybridized carbons (Fsp3) is 0.0769. The Morgan fingerprint density at radius 1 is 0.767 bits per heavy atom. The molecule has 0 atom stereocenters. The monoisotopic (exact) mass is 409 g/mol. The van der Waals surface area contributed by atoms with Crippen LogP contribution in [-0.2, 0) is 6.54 Å². The van der Waals surface area contributed by atoms with E-state index in [4.69, 9.17) is 21.6 Å². The van der Waals surface area contributed by atoms with Crippen LogP contribution >= 0.6 is 11.6 Å². The fourth-order valence-corrected chi connectivity index (χ4v) is 3.93. The average molecular weight is 410 g/mol. The van der Waals surface area contributed by atoms with Crippen molar-refractivity contribution in [2.24, 2.45) is 0 Å². The molecule has 0 unspecified atom stereocenters. The summed E-state index contributed by atoms with van der Waals surface area (Å²) in [6.45, 7) is 2.79. The Kier molecular flexibility index (Phi) is 4.82. The van der Waals surface area contributed by atoms with Crippen LogP contribution in [-0.4, -0.2) is 14.5 Å². The van der Waals surface area contributed by atoms with Gasteiger partial charge in [-0.15, -0.1) is 0 Å². The standard InChI is InChI=1S/C26H20ClN3/c1-18-23-17-30(16-19-12-14-22(27)15-13-19)25(20-8-4-2-5-9-20)24(23)29-26(28-18)21-10-6-3-7-11-21/h2-15,17H,16H2,1H3. The summed E-state index contributed by atoms with van der Waals surface area (Å²) in [6.07, 6.45) is 2.16. The molecule has 4 heteroatoms. The van der Waals surface area contributed by atoms with E-state index >= 15 is 0 Å². The highest BCUT2D eigenvalue weighted by atomic mass is 35.5. The van der Waals surface area contributed by atoms with Crippen LogP contribution < -0.4 is 0 Å². The molecule has 2 heterocycles. The summed E-state index contributed by atoms with van der Waals surface area (Å²) in [4.78, 5) is 9.80. The molecule has 0 aliphatic rings. The summed E-state index contributed by atoms with van der Waals surface area (Å²) in [5.41, 5.74) is 6.40. The number of fused-ring (bicyclic) bond motifs is 1. The maximum Gasteiger partial charge on any atom is 0.160 e. The van der Waals surface area contributed by atoms with Gasteiger partial charge in [-0.1, -0.05) is 84.4 Å². The lowest BCUT2D eigenvalue weighted by Gasteiger charge is -2.10. The van der Waals surface area contributed by atoms with Gasteiger partial charge in [-0.2, -0.15) is 0 Å². The lowest BCUT2D eigenvalue weighted by atomic mass is 10.1. The first kappa shape index (κ1) is 18.6. The number of aromatic nitrogens is 3. The topological polar surface area (TPSA) is 30.7 Å². The molecule has 0 aliphatic carbocycles. The van der Waals surface area contributed by atoms with Crippen LogP contribution in [0.5, 0.6) is 0 Å². The molecule has 0 amide bonds. The van der Waals surface area contributed by atoms with E-state index in [-0.39, 0.29) is 0 Å². The zero-order valence-electron chi connectivity index (χ0n) is 16.6. The highest BCUT2D eigenvalue weighted by Crippen LogP contribution is 2.33. The van der Waals surface area contributed by atoms with Gasteiger partial charge in [-0.25, -0.2) is 9.97 Å². The second-order valence-electron chi connectivity index (χ2n) is 7.36. The lowest BCUT2D eigenvalue weighted by molar-refractivity contribution is 0.817. The minimum absolute atomic E-state index is 0.734. The van der Waals surface area contributed by atoms with Gasteiger partial charge in [0.2, 0.25) is 0 Å². The van der Waals surface area contributed by atoms with Crippen LogP contribution in [0.2, 0.25) is 5.02 Å². The van der Waals surface area contributed by atoms with Gasteiger partial charge in [-0.05, 0) is 24.6 Å². The highest BCUT2D eigenvalue weighted by molar-refractivity contribution is 6.30. The van der Waals surface area contributed by atoms with E-state index in [0.29, 0.717) is 0 Å². The SMILES string of the molecule is Cc1nc(-c2ccccc2)nc2c(-c3ccccc3)n(Cc3ccc(Cl)cc3)cc12. The second kappa shape index (κ2) is 7.77. The van der Waals surface area contributed by atoms with Crippen LogP contribution in [0.4, 0.5) is 0 Å². The molecule has 3 nitrogen and oxygen atoms in total. The minimum Gasteiger partial charge on any atom is -0.341 e. The molecule has 0 saturated carbocycles. The third-order valence-electron chi connectivity index (χ3n) is 5.28. The van der Waals surface area contributed by atoms with Crippen molar-refractivity contribution in [3.63, 3.8) is 0 Å². The van der Waals surface area contributed by atoms with Crippen molar-refractivity contribution in [3.8, 4) is 22.6 Å². The van der Waals surface area contributed by atoms with Crippen LogP contribution in [0, 0.1) is 6.92 Å². The van der Waals surface area contributed by atoms with E-state index in [9.17, 15) is 0 Å². The van der Waals surface area contributed by atoms with E-state index in [1.54, 1.807) is 0 Å². The first-order chi connectivity index (χ1) is 14.7. The Hall–Kier alpha value is -3.43. The van der Waals surface area contributed by atoms with Crippen molar-refractivity contribution in [2.75, 3.05) is 0 Å². The van der Waals surface area contributed by atoms with Crippen LogP contribution in [0.1, 0.15) is 11.3 Å². The molecule has 2 aromatic heterocycles. The van der Waals surface area contributed by atoms with E-state index in [2.05, 4.69) is 54.1 Å². The molecule has 0 bridgehead atoms. The summed E-state index contributed by atoms with van der Waals surface area (Å²) in [5.74, 6) is 0.752. The molecule has 0 fully saturated rings. The number of hydrogen-bond donors (Lipinski definition) is 0. The van der Waals surface area contributed by atoms with Crippen molar-refractivity contribution in [2.45, 2.75) is 13.5 Å². The number of benzene rings is 3. The van der Waals surface area contributed by atoms with Crippen LogP contribution in [0.15, 0.2) is 91.1 Å². The number of hydrogen-bond acceptors (Lipinski definition) is 2. The Bertz CT molecular complexity index is 1310. The number of rotatable bonds is 4. The summed E-state index contributed by atoms with van der Waals surface area (Å²) >= 11 is 6.08. The maximum atomic E-state index is 6.08. The Morgan fingerprint density at radius 3 is 2.07 bits per heavy atom. The predicted molar refractivity (Wildman–Crippen MR) is 124 cm³/mol. The zero-order chi connectivity index (χ0) is 20.5. The average Bonchev–Trinajstić information content (AvgIpc) is 3.15. The molecule has 0 N–H and O–H groups in total. The van der Waals surface area contributed by atoms with E-state index in [0.717, 1.165) is 50.8 Å². The summed E-state index contributed by atoms with van der Waals surface area (Å²) in [7, 11) is 0. The molecule has 5 aromatic rings. The van der Waals surface area contributed by atoms with Crippen LogP contribution in [0.3, 0.4) is 0 Å². The molecule has 5 rings (SSSR count). The number of nitrogens with zero attached hydrogens (tertiary/aromatic N) is 3. The highest BCUT2D eigenvalue weighted by Gasteiger charge is 2.17. The smallest absolute Gasteiger partial charge is 0.160 e. The van der Waals surface area contributed by atoms with Gasteiger partial charge >= 0.3 is 0 Å². The van der Waals surface area contributed by atoms with Gasteiger partial charge in [0, 0.05) is 34.3 Å². The minimum atomic E-state index is 0.734. The Morgan fingerprint density at radius 2 is 1.40 bits per heavy atom. The molecule has 30 heavy (non-hydrogen) atoms. The molecule has 146 valence electrons. The van der Waals surface area contributed by atoms with Gasteiger partial charge in [-0.3, -0.25) is 0 Å². The molecule has 0 saturated heterocycles. The summed E-state index contributed by atoms with van der Waals surface area (Å²) < 4.78 is 2.26. The van der Waals surface area contributed by atoms with Crippen LogP contribution in [0.25, 0.3) is 33.5 Å². The molecular weight excluding hydrogens is 390 g/mol. The first-order valence-corrected chi connectivity index (χ1v) is 10.3. The number of halogens is 1. The van der Waals surface area contributed by atoms with Crippen molar-refractivity contribution in [1.82, 2.24) is 14.5 Å². The van der Waals surface area contributed by atoms with Gasteiger partial charge in [0.05, 0.1) is 11.4 Å². The fourth-order valence-electron chi connectivity index (χ4n) is 3.80. The van der Waals surface area contributed by atoms with Crippen molar-refractivity contribution in [1.29, 1.82) is 0 Å². The van der Waals surface area contributed by atoms with Crippen molar-refractivity contribution < 1.29 is 0 Å². The molecule has 0 radical (unpaired) electrons. The van der Waals surface area contributed by atoms with E-state index in [1.165, 1.54) is 5.56 Å². The largest absolute Gasteiger partial charge is 0.341 e. The lowest BCUT2D eigenvalue weighted by Crippen LogP contribution is -2.00. The molecule has 3 aromatic carbocycles. The third kappa shape index (κ3) is 3.49. The third-order valence-corrected chi connectivity index (χ3v) is 5.53. The van der Waals surface area contributed by atoms with Gasteiger partial charge in [0.1, 0.15) is 5.52 Å². The van der Waals surface area contributed by atoms with Crippen molar-refractivity contribution >= 4 is 22.5 Å². The molecule has 0 aliphatic heterocycles. The van der Waals surface area contributed by atoms with Crippen molar-refractivity contribution in [3.05, 3.63) is 107 Å². The predicted octanol–water partition coefficient (Wildman–Crippen LogP) is 6.78. The van der Waals surface area contributed by atoms with Gasteiger partial charge < -0.3 is 4.57 Å². The summed E-state index contributed by atoms with van der Waals surface area (Å²) in [6, 6.07) is 28.6. The maximum absolute atomic E-state index is 6.08. The van der Waals surface area contributed by atoms with Gasteiger partial charge in [0.25, 0.3) is 0 Å². The Labute approximate surface area is 180 Å². The zero-order valence-corrected chi connectivity index (χ0v) is 17.3. The molecule has 0 spiro atoms. The summed E-state index contributed by atoms with van der Waals surface area (Å²) in [5, 5.41) is 1.82. The molecular formula is C26H20ClN3. The normalized spacial score (nSPS) is 11.1. The quantitative estimate of drug-likeness (QED) is 0.327. The van der Waals surface area contributed by atoms with E-state index < -0.39 is 0 Å². The second-order valence-corrected chi connectivity index (χ2v) is 7.80. The van der Waals surface area contributed by atoms with E-state index in [1.807, 2.05) is 48.5 Å². The number of aryl methyl sites for hydroxylation is 1. The van der Waals surface area contributed by atoms with Gasteiger partial charge in [0.15, 0.2) is 5.82 Å².